The molecule has 0 bridgehead atoms. The predicted molar refractivity (Wildman–Crippen MR) is 159 cm³/mol. The molecule has 2 aliphatic rings. The van der Waals surface area contributed by atoms with Crippen LogP contribution in [0.1, 0.15) is 60.3 Å². The summed E-state index contributed by atoms with van der Waals surface area (Å²) in [5.74, 6) is 0. The van der Waals surface area contributed by atoms with Crippen LogP contribution in [-0.4, -0.2) is 58.6 Å². The average molecular weight is 618 g/mol. The van der Waals surface area contributed by atoms with Gasteiger partial charge in [0.2, 0.25) is 0 Å². The molecule has 1 fully saturated rings. The first-order valence-corrected chi connectivity index (χ1v) is 20.9. The lowest BCUT2D eigenvalue weighted by molar-refractivity contribution is -0.0566. The van der Waals surface area contributed by atoms with Gasteiger partial charge in [-0.05, 0) is 42.7 Å². The quantitative estimate of drug-likeness (QED) is 0.360. The summed E-state index contributed by atoms with van der Waals surface area (Å²) < 4.78 is 53.8. The van der Waals surface area contributed by atoms with Crippen molar-refractivity contribution in [3.05, 3.63) is 43.7 Å². The van der Waals surface area contributed by atoms with Gasteiger partial charge in [0.1, 0.15) is 12.2 Å². The van der Waals surface area contributed by atoms with Gasteiger partial charge in [0.15, 0.2) is 28.5 Å². The van der Waals surface area contributed by atoms with Gasteiger partial charge in [0.05, 0.1) is 17.7 Å². The highest BCUT2D eigenvalue weighted by atomic mass is 32.2. The van der Waals surface area contributed by atoms with Gasteiger partial charge >= 0.3 is 5.69 Å². The van der Waals surface area contributed by atoms with Crippen molar-refractivity contribution >= 4 is 26.8 Å². The van der Waals surface area contributed by atoms with E-state index in [1.807, 2.05) is 40.8 Å². The molecule has 1 aromatic heterocycles. The smallest absolute Gasteiger partial charge is 0.332 e. The van der Waals surface area contributed by atoms with E-state index in [-0.39, 0.29) is 22.4 Å². The number of ether oxygens (including phenoxy) is 1. The first-order chi connectivity index (χ1) is 17.9. The lowest BCUT2D eigenvalue weighted by atomic mass is 9.89. The van der Waals surface area contributed by atoms with Crippen LogP contribution in [0.4, 0.5) is 0 Å². The van der Waals surface area contributed by atoms with Crippen molar-refractivity contribution in [2.75, 3.05) is 6.61 Å². The maximum Gasteiger partial charge on any atom is 0.332 e. The molecule has 2 N–H and O–H groups in total. The second-order valence-electron chi connectivity index (χ2n) is 13.9. The van der Waals surface area contributed by atoms with Gasteiger partial charge in [-0.1, -0.05) is 48.5 Å². The lowest BCUT2D eigenvalue weighted by Crippen LogP contribution is -2.59. The number of aryl methyl sites for hydroxylation is 1. The molecule has 2 aliphatic heterocycles. The zero-order chi connectivity index (χ0) is 30.9. The second kappa shape index (κ2) is 10.3. The Kier molecular flexibility index (Phi) is 8.50. The fourth-order valence-corrected chi connectivity index (χ4v) is 7.90. The molecule has 11 nitrogen and oxygen atoms in total. The van der Waals surface area contributed by atoms with E-state index in [0.717, 1.165) is 9.98 Å². The Bertz CT molecular complexity index is 1400. The molecule has 40 heavy (non-hydrogen) atoms. The average Bonchev–Trinajstić information content (AvgIpc) is 3.21. The van der Waals surface area contributed by atoms with Crippen molar-refractivity contribution in [3.63, 3.8) is 0 Å². The third kappa shape index (κ3) is 5.60. The first kappa shape index (κ1) is 33.0. The maximum atomic E-state index is 13.5. The van der Waals surface area contributed by atoms with E-state index in [1.165, 1.54) is 17.8 Å². The van der Waals surface area contributed by atoms with Gasteiger partial charge in [-0.25, -0.2) is 8.98 Å². The molecule has 0 aliphatic carbocycles. The molecule has 0 saturated carbocycles. The molecule has 3 rings (SSSR count). The highest BCUT2D eigenvalue weighted by Crippen LogP contribution is 2.52. The number of aromatic nitrogens is 2. The fourth-order valence-electron chi connectivity index (χ4n) is 4.39. The van der Waals surface area contributed by atoms with E-state index in [1.54, 1.807) is 0 Å². The summed E-state index contributed by atoms with van der Waals surface area (Å²) in [4.78, 5) is 26.2. The Balaban J connectivity index is 2.29. The van der Waals surface area contributed by atoms with Crippen LogP contribution in [0.3, 0.4) is 0 Å². The van der Waals surface area contributed by atoms with E-state index in [9.17, 15) is 18.0 Å². The van der Waals surface area contributed by atoms with E-state index in [2.05, 4.69) is 33.9 Å². The number of nitrogens with two attached hydrogens (primary N) is 1. The minimum absolute atomic E-state index is 0.0322. The van der Waals surface area contributed by atoms with E-state index >= 15 is 0 Å². The lowest BCUT2D eigenvalue weighted by Gasteiger charge is -2.43. The topological polar surface area (TPSA) is 141 Å². The Labute approximate surface area is 240 Å². The van der Waals surface area contributed by atoms with Crippen LogP contribution < -0.4 is 17.0 Å². The van der Waals surface area contributed by atoms with Crippen molar-refractivity contribution in [3.8, 4) is 0 Å². The highest BCUT2D eigenvalue weighted by Gasteiger charge is 2.67. The van der Waals surface area contributed by atoms with E-state index in [4.69, 9.17) is 23.5 Å². The molecule has 0 aromatic carbocycles. The maximum absolute atomic E-state index is 13.5. The third-order valence-corrected chi connectivity index (χ3v) is 19.1. The van der Waals surface area contributed by atoms with Gasteiger partial charge in [-0.2, -0.15) is 8.42 Å². The zero-order valence-corrected chi connectivity index (χ0v) is 28.8. The van der Waals surface area contributed by atoms with Crippen LogP contribution in [0, 0.1) is 0 Å². The Hall–Kier alpha value is -1.56. The van der Waals surface area contributed by atoms with Gasteiger partial charge < -0.3 is 19.3 Å². The molecule has 1 aromatic rings. The van der Waals surface area contributed by atoms with Crippen molar-refractivity contribution in [1.82, 2.24) is 9.13 Å². The predicted octanol–water partition coefficient (Wildman–Crippen LogP) is 3.32. The highest BCUT2D eigenvalue weighted by molar-refractivity contribution is 7.90. The normalized spacial score (nSPS) is 27.4. The van der Waals surface area contributed by atoms with Crippen LogP contribution in [0.15, 0.2) is 26.9 Å². The van der Waals surface area contributed by atoms with Crippen molar-refractivity contribution in [1.29, 1.82) is 0 Å². The van der Waals surface area contributed by atoms with Gasteiger partial charge in [0, 0.05) is 18.8 Å². The molecular formula is C26H47N3O8SSi2. The van der Waals surface area contributed by atoms with Crippen molar-refractivity contribution < 1.29 is 26.2 Å². The SMILES string of the molecule is CCc1cn([C@@H]2OC(CO[Si](C)(C)C(C)(C)C)C3(OS(=O)(=O)C=C3N)[C@H]2O[Si](C)(C)C(C)(C)C)c(=O)n(C)c1=O. The molecule has 1 saturated heterocycles. The third-order valence-electron chi connectivity index (χ3n) is 9.11. The first-order valence-electron chi connectivity index (χ1n) is 13.6. The van der Waals surface area contributed by atoms with Crippen molar-refractivity contribution in [2.45, 2.75) is 115 Å². The molecule has 0 radical (unpaired) electrons. The molecule has 0 amide bonds. The van der Waals surface area contributed by atoms with Crippen LogP contribution in [0.25, 0.3) is 0 Å². The van der Waals surface area contributed by atoms with Crippen LogP contribution in [0.2, 0.25) is 36.3 Å². The van der Waals surface area contributed by atoms with E-state index < -0.39 is 62.0 Å². The van der Waals surface area contributed by atoms with E-state index in [0.29, 0.717) is 12.0 Å². The Morgan fingerprint density at radius 1 is 1.05 bits per heavy atom. The van der Waals surface area contributed by atoms with Gasteiger partial charge in [-0.15, -0.1) is 0 Å². The molecule has 2 unspecified atom stereocenters. The fraction of sp³-hybridized carbons (Fsp3) is 0.769. The summed E-state index contributed by atoms with van der Waals surface area (Å²) in [6.07, 6.45) is -1.46. The molecular weight excluding hydrogens is 571 g/mol. The molecule has 4 atom stereocenters. The Morgan fingerprint density at radius 3 is 2.05 bits per heavy atom. The summed E-state index contributed by atoms with van der Waals surface area (Å²) in [6, 6.07) is 0. The van der Waals surface area contributed by atoms with Gasteiger partial charge in [0.25, 0.3) is 15.7 Å². The minimum Gasteiger partial charge on any atom is -0.414 e. The number of rotatable bonds is 7. The van der Waals surface area contributed by atoms with Gasteiger partial charge in [-0.3, -0.25) is 13.9 Å². The second-order valence-corrected chi connectivity index (χ2v) is 24.8. The standard InChI is InChI=1S/C26H47N3O8SSi2/c1-13-17-14-29(23(31)28(8)21(17)30)22-20(36-40(11,12)25(5,6)7)26(18(27)16-38(32,33)37-26)19(35-22)15-34-39(9,10)24(2,3)4/h14,16,19-20,22H,13,15,27H2,1-12H3/t19?,20-,22+,26?/m0/s1. The minimum atomic E-state index is -4.19. The number of nitrogens with zero attached hydrogens (tertiary/aromatic N) is 2. The number of hydrogen-bond donors (Lipinski definition) is 1. The number of hydrogen-bond acceptors (Lipinski definition) is 9. The molecule has 228 valence electrons. The van der Waals surface area contributed by atoms with Crippen LogP contribution in [-0.2, 0) is 41.4 Å². The summed E-state index contributed by atoms with van der Waals surface area (Å²) in [5, 5.41) is 0.471. The van der Waals surface area contributed by atoms with Crippen LogP contribution >= 0.6 is 0 Å². The Morgan fingerprint density at radius 2 is 1.60 bits per heavy atom. The molecule has 3 heterocycles. The molecule has 1 spiro atoms. The summed E-state index contributed by atoms with van der Waals surface area (Å²) in [6.45, 7) is 22.4. The zero-order valence-electron chi connectivity index (χ0n) is 25.9. The molecule has 14 heteroatoms. The monoisotopic (exact) mass is 617 g/mol. The summed E-state index contributed by atoms with van der Waals surface area (Å²) in [5.41, 5.74) is 4.02. The van der Waals surface area contributed by atoms with Crippen molar-refractivity contribution in [2.24, 2.45) is 12.8 Å². The van der Waals surface area contributed by atoms with Crippen LogP contribution in [0.5, 0.6) is 0 Å². The largest absolute Gasteiger partial charge is 0.414 e. The summed E-state index contributed by atoms with van der Waals surface area (Å²) >= 11 is 0. The summed E-state index contributed by atoms with van der Waals surface area (Å²) in [7, 11) is -7.77.